The average molecular weight is 497 g/mol. The Hall–Kier alpha value is -4.59. The zero-order chi connectivity index (χ0) is 26.1. The van der Waals surface area contributed by atoms with Crippen LogP contribution in [-0.4, -0.2) is 34.9 Å². The Morgan fingerprint density at radius 1 is 1.00 bits per heavy atom. The van der Waals surface area contributed by atoms with Crippen LogP contribution in [-0.2, 0) is 6.42 Å². The number of H-pyrrole nitrogens is 1. The fraction of sp³-hybridized carbons (Fsp3) is 0.207. The van der Waals surface area contributed by atoms with Gasteiger partial charge in [-0.25, -0.2) is 4.68 Å². The molecular weight excluding hydrogens is 468 g/mol. The summed E-state index contributed by atoms with van der Waals surface area (Å²) < 4.78 is 12.2. The second kappa shape index (κ2) is 9.81. The van der Waals surface area contributed by atoms with E-state index in [1.807, 2.05) is 49.4 Å². The van der Waals surface area contributed by atoms with Crippen molar-refractivity contribution < 1.29 is 14.3 Å². The summed E-state index contributed by atoms with van der Waals surface area (Å²) in [5, 5.41) is 7.42. The van der Waals surface area contributed by atoms with Crippen molar-refractivity contribution in [2.45, 2.75) is 26.3 Å². The summed E-state index contributed by atoms with van der Waals surface area (Å²) >= 11 is 0. The molecule has 188 valence electrons. The van der Waals surface area contributed by atoms with Gasteiger partial charge >= 0.3 is 0 Å². The number of pyridine rings is 1. The first-order chi connectivity index (χ1) is 17.9. The molecule has 0 saturated carbocycles. The lowest BCUT2D eigenvalue weighted by molar-refractivity contribution is 0.0940. The van der Waals surface area contributed by atoms with Crippen LogP contribution < -0.4 is 20.3 Å². The number of methoxy groups -OCH3 is 2. The topological polar surface area (TPSA) is 98.2 Å². The monoisotopic (exact) mass is 496 g/mol. The minimum absolute atomic E-state index is 0.189. The van der Waals surface area contributed by atoms with E-state index >= 15 is 0 Å². The Kier molecular flexibility index (Phi) is 6.40. The first-order valence-corrected chi connectivity index (χ1v) is 12.1. The Balaban J connectivity index is 1.48. The number of aromatic nitrogens is 3. The summed E-state index contributed by atoms with van der Waals surface area (Å²) in [5.74, 6) is 0.981. The summed E-state index contributed by atoms with van der Waals surface area (Å²) in [6, 6.07) is 18.4. The first kappa shape index (κ1) is 24.1. The van der Waals surface area contributed by atoms with Crippen LogP contribution in [0.1, 0.15) is 41.4 Å². The first-order valence-electron chi connectivity index (χ1n) is 12.1. The second-order valence-electron chi connectivity index (χ2n) is 8.86. The van der Waals surface area contributed by atoms with Gasteiger partial charge in [-0.15, -0.1) is 0 Å². The zero-order valence-electron chi connectivity index (χ0n) is 21.2. The SMILES string of the molecule is CCc1ccc(-n2[nH]c3c(cnc4ccc(C(=O)NC(C)c5ccc(OC)c(OC)c5)cc43)c2=O)cc1. The quantitative estimate of drug-likeness (QED) is 0.333. The van der Waals surface area contributed by atoms with E-state index in [2.05, 4.69) is 22.3 Å². The number of carbonyl (C=O) groups excluding carboxylic acids is 1. The molecule has 2 N–H and O–H groups in total. The fourth-order valence-corrected chi connectivity index (χ4v) is 4.45. The van der Waals surface area contributed by atoms with E-state index in [0.29, 0.717) is 38.9 Å². The normalized spacial score (nSPS) is 12.0. The van der Waals surface area contributed by atoms with E-state index in [1.165, 1.54) is 10.2 Å². The van der Waals surface area contributed by atoms with Gasteiger partial charge in [0.1, 0.15) is 0 Å². The van der Waals surface area contributed by atoms with Crippen molar-refractivity contribution in [3.63, 3.8) is 0 Å². The van der Waals surface area contributed by atoms with Gasteiger partial charge in [0.2, 0.25) is 0 Å². The summed E-state index contributed by atoms with van der Waals surface area (Å²) in [6.07, 6.45) is 2.50. The van der Waals surface area contributed by atoms with Crippen molar-refractivity contribution in [3.8, 4) is 17.2 Å². The van der Waals surface area contributed by atoms with E-state index < -0.39 is 0 Å². The molecule has 8 nitrogen and oxygen atoms in total. The molecule has 0 fully saturated rings. The molecule has 0 spiro atoms. The van der Waals surface area contributed by atoms with Crippen molar-refractivity contribution >= 4 is 27.7 Å². The standard InChI is InChI=1S/C29H28N4O4/c1-5-18-6-10-21(11-7-18)33-29(35)23-16-30-24-12-8-20(14-22(24)27(23)32-33)28(34)31-17(2)19-9-13-25(36-3)26(15-19)37-4/h6-17,32H,5H2,1-4H3,(H,31,34). The van der Waals surface area contributed by atoms with Crippen LogP contribution in [0, 0.1) is 0 Å². The van der Waals surface area contributed by atoms with E-state index in [0.717, 1.165) is 17.7 Å². The zero-order valence-corrected chi connectivity index (χ0v) is 21.2. The molecule has 0 bridgehead atoms. The van der Waals surface area contributed by atoms with Crippen LogP contribution in [0.4, 0.5) is 0 Å². The number of nitrogens with zero attached hydrogens (tertiary/aromatic N) is 2. The van der Waals surface area contributed by atoms with E-state index in [-0.39, 0.29) is 17.5 Å². The predicted molar refractivity (Wildman–Crippen MR) is 144 cm³/mol. The molecule has 1 atom stereocenters. The molecule has 0 radical (unpaired) electrons. The number of fused-ring (bicyclic) bond motifs is 3. The molecule has 37 heavy (non-hydrogen) atoms. The van der Waals surface area contributed by atoms with Crippen molar-refractivity contribution in [1.82, 2.24) is 20.1 Å². The van der Waals surface area contributed by atoms with Crippen LogP contribution in [0.2, 0.25) is 0 Å². The Bertz CT molecular complexity index is 1670. The van der Waals surface area contributed by atoms with Gasteiger partial charge in [0, 0.05) is 17.1 Å². The Morgan fingerprint density at radius 2 is 1.76 bits per heavy atom. The minimum Gasteiger partial charge on any atom is -0.493 e. The van der Waals surface area contributed by atoms with Crippen LogP contribution >= 0.6 is 0 Å². The van der Waals surface area contributed by atoms with Crippen molar-refractivity contribution in [2.75, 3.05) is 14.2 Å². The molecule has 1 amide bonds. The Morgan fingerprint density at radius 3 is 2.46 bits per heavy atom. The third-order valence-corrected chi connectivity index (χ3v) is 6.65. The highest BCUT2D eigenvalue weighted by Crippen LogP contribution is 2.30. The molecule has 2 heterocycles. The third kappa shape index (κ3) is 4.42. The number of rotatable bonds is 7. The van der Waals surface area contributed by atoms with Crippen LogP contribution in [0.25, 0.3) is 27.5 Å². The number of nitrogens with one attached hydrogen (secondary N) is 2. The van der Waals surface area contributed by atoms with Gasteiger partial charge in [0.25, 0.3) is 11.5 Å². The van der Waals surface area contributed by atoms with Crippen LogP contribution in [0.5, 0.6) is 11.5 Å². The maximum Gasteiger partial charge on any atom is 0.280 e. The fourth-order valence-electron chi connectivity index (χ4n) is 4.45. The van der Waals surface area contributed by atoms with Crippen LogP contribution in [0.15, 0.2) is 71.7 Å². The highest BCUT2D eigenvalue weighted by atomic mass is 16.5. The van der Waals surface area contributed by atoms with E-state index in [4.69, 9.17) is 9.47 Å². The molecule has 2 aromatic heterocycles. The maximum atomic E-state index is 13.2. The van der Waals surface area contributed by atoms with Gasteiger partial charge in [0.05, 0.1) is 42.4 Å². The smallest absolute Gasteiger partial charge is 0.280 e. The van der Waals surface area contributed by atoms with Crippen LogP contribution in [0.3, 0.4) is 0 Å². The summed E-state index contributed by atoms with van der Waals surface area (Å²) in [4.78, 5) is 30.8. The Labute approximate surface area is 213 Å². The van der Waals surface area contributed by atoms with Gasteiger partial charge in [-0.2, -0.15) is 0 Å². The van der Waals surface area contributed by atoms with Gasteiger partial charge in [-0.05, 0) is 66.9 Å². The average Bonchev–Trinajstić information content (AvgIpc) is 3.28. The molecule has 5 rings (SSSR count). The number of aromatic amines is 1. The third-order valence-electron chi connectivity index (χ3n) is 6.65. The van der Waals surface area contributed by atoms with Gasteiger partial charge in [0.15, 0.2) is 11.5 Å². The summed E-state index contributed by atoms with van der Waals surface area (Å²) in [6.45, 7) is 3.99. The number of aryl methyl sites for hydroxylation is 1. The van der Waals surface area contributed by atoms with Crippen molar-refractivity contribution in [2.24, 2.45) is 0 Å². The lowest BCUT2D eigenvalue weighted by atomic mass is 10.1. The van der Waals surface area contributed by atoms with Gasteiger partial charge < -0.3 is 14.8 Å². The number of carbonyl (C=O) groups is 1. The second-order valence-corrected chi connectivity index (χ2v) is 8.86. The highest BCUT2D eigenvalue weighted by Gasteiger charge is 2.17. The number of hydrogen-bond acceptors (Lipinski definition) is 5. The number of benzene rings is 3. The number of amides is 1. The molecule has 5 aromatic rings. The lowest BCUT2D eigenvalue weighted by Crippen LogP contribution is -2.26. The van der Waals surface area contributed by atoms with E-state index in [1.54, 1.807) is 38.6 Å². The molecule has 0 saturated heterocycles. The van der Waals surface area contributed by atoms with E-state index in [9.17, 15) is 9.59 Å². The maximum absolute atomic E-state index is 13.2. The molecular formula is C29H28N4O4. The largest absolute Gasteiger partial charge is 0.493 e. The summed E-state index contributed by atoms with van der Waals surface area (Å²) in [7, 11) is 3.16. The molecule has 0 aliphatic heterocycles. The molecule has 1 unspecified atom stereocenters. The lowest BCUT2D eigenvalue weighted by Gasteiger charge is -2.17. The minimum atomic E-state index is -0.274. The van der Waals surface area contributed by atoms with Gasteiger partial charge in [-0.1, -0.05) is 25.1 Å². The van der Waals surface area contributed by atoms with Crippen molar-refractivity contribution in [3.05, 3.63) is 93.9 Å². The number of ether oxygens (including phenoxy) is 2. The highest BCUT2D eigenvalue weighted by molar-refractivity contribution is 6.06. The molecule has 0 aliphatic rings. The molecule has 8 heteroatoms. The van der Waals surface area contributed by atoms with Crippen molar-refractivity contribution in [1.29, 1.82) is 0 Å². The predicted octanol–water partition coefficient (Wildman–Crippen LogP) is 4.94. The molecule has 3 aromatic carbocycles. The molecule has 0 aliphatic carbocycles. The van der Waals surface area contributed by atoms with Gasteiger partial charge in [-0.3, -0.25) is 19.7 Å². The summed E-state index contributed by atoms with van der Waals surface area (Å²) in [5.41, 5.74) is 4.41. The number of hydrogen-bond donors (Lipinski definition) is 2.